The fourth-order valence-corrected chi connectivity index (χ4v) is 1.74. The predicted octanol–water partition coefficient (Wildman–Crippen LogP) is 2.80. The van der Waals surface area contributed by atoms with E-state index in [4.69, 9.17) is 0 Å². The van der Waals surface area contributed by atoms with Gasteiger partial charge in [0.2, 0.25) is 0 Å². The summed E-state index contributed by atoms with van der Waals surface area (Å²) in [6.45, 7) is 2.71. The standard InChI is InChI=1S/C8H8O.5NO.W/c1-9-7-8-5-3-2-4-6-8;5*1-2;/h2-6H,1H3;;;;;;/q;5*-1;+5. The number of rotatable bonds is 7. The summed E-state index contributed by atoms with van der Waals surface area (Å²) in [7, 11) is 1.59. The summed E-state index contributed by atoms with van der Waals surface area (Å²) in [5.41, 5.74) is 0.972. The van der Waals surface area contributed by atoms with Crippen molar-refractivity contribution in [3.63, 3.8) is 0 Å². The van der Waals surface area contributed by atoms with Crippen LogP contribution in [0.1, 0.15) is 5.56 Å². The Morgan fingerprint density at radius 1 is 0.850 bits per heavy atom. The molecule has 0 saturated heterocycles. The second-order valence-corrected chi connectivity index (χ2v) is 11.4. The monoisotopic (exact) mass is 454 g/mol. The van der Waals surface area contributed by atoms with Gasteiger partial charge in [-0.3, -0.25) is 0 Å². The molecule has 107 valence electrons. The van der Waals surface area contributed by atoms with Gasteiger partial charge in [0.1, 0.15) is 0 Å². The Morgan fingerprint density at radius 2 is 1.25 bits per heavy atom. The van der Waals surface area contributed by atoms with E-state index in [1.165, 1.54) is 0 Å². The van der Waals surface area contributed by atoms with E-state index in [1.54, 1.807) is 25.8 Å². The second kappa shape index (κ2) is 8.12. The number of nitrogens with zero attached hydrogens (tertiary/aromatic N) is 5. The summed E-state index contributed by atoms with van der Waals surface area (Å²) in [5.74, 6) is 0. The quantitative estimate of drug-likeness (QED) is 0.577. The van der Waals surface area contributed by atoms with Crippen molar-refractivity contribution in [1.29, 1.82) is 0 Å². The fourth-order valence-electron chi connectivity index (χ4n) is 0.760. The van der Waals surface area contributed by atoms with Crippen molar-refractivity contribution >= 4 is 0 Å². The first kappa shape index (κ1) is 17.9. The van der Waals surface area contributed by atoms with Crippen molar-refractivity contribution in [1.82, 2.24) is 0 Å². The van der Waals surface area contributed by atoms with E-state index in [-0.39, 0.29) is 0 Å². The number of ether oxygens (including phenoxy) is 1. The van der Waals surface area contributed by atoms with Crippen molar-refractivity contribution in [3.05, 3.63) is 67.0 Å². The van der Waals surface area contributed by atoms with Gasteiger partial charge in [0.05, 0.1) is 0 Å². The van der Waals surface area contributed by atoms with Gasteiger partial charge in [-0.2, -0.15) is 0 Å². The van der Waals surface area contributed by atoms with Gasteiger partial charge < -0.3 is 4.74 Å². The van der Waals surface area contributed by atoms with Crippen LogP contribution in [-0.4, -0.2) is 7.11 Å². The first-order valence-electron chi connectivity index (χ1n) is 4.60. The van der Waals surface area contributed by atoms with Crippen molar-refractivity contribution in [2.45, 2.75) is 0 Å². The summed E-state index contributed by atoms with van der Waals surface area (Å²) in [6.07, 6.45) is 0. The van der Waals surface area contributed by atoms with E-state index in [1.807, 2.05) is 30.3 Å². The summed E-state index contributed by atoms with van der Waals surface area (Å²) in [4.78, 5) is 48.7. The second-order valence-electron chi connectivity index (χ2n) is 2.86. The molecule has 0 aliphatic rings. The van der Waals surface area contributed by atoms with Gasteiger partial charge in [-0.05, 0) is 5.56 Å². The topological polar surface area (TPSA) is 156 Å². The molecule has 0 atom stereocenters. The van der Waals surface area contributed by atoms with Crippen LogP contribution in [0.2, 0.25) is 0 Å². The van der Waals surface area contributed by atoms with Crippen LogP contribution in [0.15, 0.2) is 49.0 Å². The van der Waals surface area contributed by atoms with Crippen LogP contribution in [0.25, 0.3) is 0 Å². The molecule has 0 fully saturated rings. The van der Waals surface area contributed by atoms with Crippen molar-refractivity contribution in [2.75, 3.05) is 7.11 Å². The van der Waals surface area contributed by atoms with E-state index in [0.717, 1.165) is 5.56 Å². The molecule has 1 aromatic rings. The van der Waals surface area contributed by atoms with Gasteiger partial charge in [0, 0.05) is 7.11 Å². The van der Waals surface area contributed by atoms with Gasteiger partial charge in [-0.15, -0.1) is 0 Å². The fraction of sp³-hybridized carbons (Fsp3) is 0.125. The third-order valence-electron chi connectivity index (χ3n) is 1.66. The van der Waals surface area contributed by atoms with Crippen molar-refractivity contribution < 1.29 is 20.8 Å². The van der Waals surface area contributed by atoms with E-state index in [0.29, 0.717) is 0 Å². The molecule has 2 radical (unpaired) electrons. The number of benzene rings is 1. The number of methoxy groups -OCH3 is 1. The number of nitroso groups, excluding NO2 is 5. The van der Waals surface area contributed by atoms with Gasteiger partial charge >= 0.3 is 59.3 Å². The molecular formula is C8H8N5O6W. The SMILES string of the molecule is CO[C]c1ccccc1.O=[N][W]([N]=O)([N]=O)([N]=O)[N]=O. The molecule has 0 N–H and O–H groups in total. The molecule has 1 rings (SSSR count). The first-order valence-corrected chi connectivity index (χ1v) is 11.2. The van der Waals surface area contributed by atoms with Crippen LogP contribution >= 0.6 is 0 Å². The Morgan fingerprint density at radius 3 is 1.50 bits per heavy atom. The molecular weight excluding hydrogens is 446 g/mol. The molecule has 1 aromatic carbocycles. The molecule has 0 heterocycles. The maximum atomic E-state index is 9.74. The van der Waals surface area contributed by atoms with Crippen LogP contribution in [0.3, 0.4) is 0 Å². The van der Waals surface area contributed by atoms with Crippen molar-refractivity contribution in [3.8, 4) is 0 Å². The molecule has 12 heteroatoms. The third-order valence-corrected chi connectivity index (χ3v) is 6.45. The summed E-state index contributed by atoms with van der Waals surface area (Å²) in [6, 6.07) is 9.72. The van der Waals surface area contributed by atoms with E-state index in [9.17, 15) is 24.5 Å². The first-order chi connectivity index (χ1) is 9.55. The zero-order valence-electron chi connectivity index (χ0n) is 9.98. The summed E-state index contributed by atoms with van der Waals surface area (Å²) >= 11 is -6.70. The minimum absolute atomic E-state index is 0.972. The molecule has 0 aliphatic heterocycles. The van der Waals surface area contributed by atoms with E-state index >= 15 is 0 Å². The Hall–Kier alpha value is -2.13. The van der Waals surface area contributed by atoms with Crippen LogP contribution in [0.5, 0.6) is 0 Å². The van der Waals surface area contributed by atoms with Gasteiger partial charge in [-0.25, -0.2) is 0 Å². The minimum atomic E-state index is -6.70. The summed E-state index contributed by atoms with van der Waals surface area (Å²) in [5, 5.41) is 0. The van der Waals surface area contributed by atoms with Gasteiger partial charge in [0.15, 0.2) is 6.61 Å². The maximum absolute atomic E-state index is 9.74. The van der Waals surface area contributed by atoms with E-state index in [2.05, 4.69) is 11.3 Å². The number of hydrogen-bond donors (Lipinski definition) is 0. The number of hydrogen-bond acceptors (Lipinski definition) is 11. The van der Waals surface area contributed by atoms with Crippen LogP contribution in [0.4, 0.5) is 0 Å². The molecule has 0 unspecified atom stereocenters. The Balaban J connectivity index is 0.000000367. The predicted molar refractivity (Wildman–Crippen MR) is 64.8 cm³/mol. The van der Waals surface area contributed by atoms with Crippen LogP contribution in [0, 0.1) is 31.1 Å². The van der Waals surface area contributed by atoms with Crippen LogP contribution in [-0.2, 0) is 20.8 Å². The molecule has 0 bridgehead atoms. The van der Waals surface area contributed by atoms with E-state index < -0.39 is 16.1 Å². The Kier molecular flexibility index (Phi) is 7.26. The average Bonchev–Trinajstić information content (AvgIpc) is 2.54. The van der Waals surface area contributed by atoms with Crippen molar-refractivity contribution in [2.24, 2.45) is 18.7 Å². The molecule has 0 aliphatic carbocycles. The van der Waals surface area contributed by atoms with Gasteiger partial charge in [0.25, 0.3) is 0 Å². The molecule has 0 amide bonds. The normalized spacial score (nSPS) is 11.8. The zero-order chi connectivity index (χ0) is 15.5. The Labute approximate surface area is 114 Å². The Bertz CT molecular complexity index is 433. The van der Waals surface area contributed by atoms with Crippen LogP contribution < -0.4 is 0 Å². The molecule has 0 saturated carbocycles. The molecule has 0 aromatic heterocycles. The van der Waals surface area contributed by atoms with Gasteiger partial charge in [-0.1, -0.05) is 30.3 Å². The zero-order valence-corrected chi connectivity index (χ0v) is 12.9. The molecule has 20 heavy (non-hydrogen) atoms. The summed E-state index contributed by atoms with van der Waals surface area (Å²) < 4.78 is 13.0. The third kappa shape index (κ3) is 4.21. The molecule has 0 spiro atoms. The average molecular weight is 454 g/mol. The molecule has 11 nitrogen and oxygen atoms in total.